The molecule has 5 fully saturated rings. The van der Waals surface area contributed by atoms with E-state index in [1.54, 1.807) is 0 Å². The Balaban J connectivity index is 1.20. The van der Waals surface area contributed by atoms with Crippen LogP contribution in [0.3, 0.4) is 0 Å². The van der Waals surface area contributed by atoms with Crippen molar-refractivity contribution in [3.8, 4) is 0 Å². The number of hydrogen-bond acceptors (Lipinski definition) is 3. The van der Waals surface area contributed by atoms with Crippen molar-refractivity contribution in [3.63, 3.8) is 0 Å². The highest BCUT2D eigenvalue weighted by molar-refractivity contribution is 5.83. The molecule has 0 aromatic carbocycles. The number of hydrogen-bond donors (Lipinski definition) is 1. The molecule has 6 rings (SSSR count). The topological polar surface area (TPSA) is 55.1 Å². The third kappa shape index (κ3) is 3.42. The van der Waals surface area contributed by atoms with Crippen molar-refractivity contribution in [3.05, 3.63) is 18.0 Å². The zero-order chi connectivity index (χ0) is 23.3. The van der Waals surface area contributed by atoms with Gasteiger partial charge in [0.1, 0.15) is 0 Å². The van der Waals surface area contributed by atoms with Crippen LogP contribution in [0.15, 0.2) is 12.3 Å². The van der Waals surface area contributed by atoms with Gasteiger partial charge in [-0.25, -0.2) is 0 Å². The zero-order valence-corrected chi connectivity index (χ0v) is 19.5. The van der Waals surface area contributed by atoms with Crippen molar-refractivity contribution < 1.29 is 23.1 Å². The van der Waals surface area contributed by atoms with Gasteiger partial charge in [-0.2, -0.15) is 18.3 Å². The van der Waals surface area contributed by atoms with Gasteiger partial charge in [-0.1, -0.05) is 6.92 Å². The molecule has 1 aromatic heterocycles. The van der Waals surface area contributed by atoms with Gasteiger partial charge in [0.25, 0.3) is 0 Å². The SMILES string of the molecule is C[C@@]1(O)CC[C@H]2[C@H](CC[C@@H]3[C@@H]2CC[C@@]2(C)[C@H]3[C@@H]3C[C@@H]3[C@@H]2C(=O)Cn2ccc(C(F)(F)F)n2)C1. The molecule has 5 aliphatic carbocycles. The molecule has 0 radical (unpaired) electrons. The van der Waals surface area contributed by atoms with Gasteiger partial charge < -0.3 is 5.11 Å². The molecule has 1 N–H and O–H groups in total. The van der Waals surface area contributed by atoms with E-state index in [9.17, 15) is 23.1 Å². The number of aliphatic hydroxyl groups is 1. The second-order valence-electron chi connectivity index (χ2n) is 12.5. The standard InChI is InChI=1S/C26H35F3N2O2/c1-24(33)8-5-15-14(12-24)3-4-17-16(15)6-9-25(2)22(17)18-11-19(18)23(25)20(32)13-31-10-7-21(30-31)26(27,28)29/h7,10,14-19,22-23,33H,3-6,8-9,11-13H2,1-2H3/t14-,15+,16-,17-,18-,19+,22-,23-,24-,25+/m1/s1. The fraction of sp³-hybridized carbons (Fsp3) is 0.846. The first kappa shape index (κ1) is 22.1. The van der Waals surface area contributed by atoms with Crippen LogP contribution in [-0.2, 0) is 17.5 Å². The molecule has 1 aromatic rings. The molecule has 1 heterocycles. The molecule has 0 aliphatic heterocycles. The Bertz CT molecular complexity index is 956. The lowest BCUT2D eigenvalue weighted by molar-refractivity contribution is -0.142. The van der Waals surface area contributed by atoms with E-state index in [2.05, 4.69) is 12.0 Å². The number of aromatic nitrogens is 2. The Kier molecular flexibility index (Phi) is 4.74. The van der Waals surface area contributed by atoms with Crippen molar-refractivity contribution in [2.75, 3.05) is 0 Å². The summed E-state index contributed by atoms with van der Waals surface area (Å²) < 4.78 is 40.0. The number of fused-ring (bicyclic) bond motifs is 7. The lowest BCUT2D eigenvalue weighted by Gasteiger charge is -2.57. The van der Waals surface area contributed by atoms with Crippen LogP contribution in [0.1, 0.15) is 70.9 Å². The molecular formula is C26H35F3N2O2. The lowest BCUT2D eigenvalue weighted by atomic mass is 9.48. The minimum absolute atomic E-state index is 0.0289. The van der Waals surface area contributed by atoms with Crippen LogP contribution in [0.5, 0.6) is 0 Å². The van der Waals surface area contributed by atoms with Crippen molar-refractivity contribution >= 4 is 5.78 Å². The van der Waals surface area contributed by atoms with Crippen molar-refractivity contribution in [2.24, 2.45) is 52.8 Å². The second kappa shape index (κ2) is 7.08. The van der Waals surface area contributed by atoms with E-state index in [4.69, 9.17) is 0 Å². The number of carbonyl (C=O) groups excluding carboxylic acids is 1. The van der Waals surface area contributed by atoms with Crippen LogP contribution in [0, 0.1) is 52.8 Å². The van der Waals surface area contributed by atoms with Crippen LogP contribution >= 0.6 is 0 Å². The number of alkyl halides is 3. The summed E-state index contributed by atoms with van der Waals surface area (Å²) in [6.07, 6.45) is 5.47. The Morgan fingerprint density at radius 3 is 2.58 bits per heavy atom. The molecular weight excluding hydrogens is 429 g/mol. The van der Waals surface area contributed by atoms with Crippen LogP contribution in [0.2, 0.25) is 0 Å². The van der Waals surface area contributed by atoms with Gasteiger partial charge in [0.15, 0.2) is 11.5 Å². The van der Waals surface area contributed by atoms with E-state index in [0.29, 0.717) is 41.4 Å². The summed E-state index contributed by atoms with van der Waals surface area (Å²) >= 11 is 0. The third-order valence-corrected chi connectivity index (χ3v) is 10.6. The number of ketones is 1. The maximum absolute atomic E-state index is 13.5. The van der Waals surface area contributed by atoms with E-state index in [0.717, 1.165) is 44.6 Å². The van der Waals surface area contributed by atoms with Crippen LogP contribution in [0.25, 0.3) is 0 Å². The first-order chi connectivity index (χ1) is 15.5. The summed E-state index contributed by atoms with van der Waals surface area (Å²) in [4.78, 5) is 13.5. The van der Waals surface area contributed by atoms with Crippen LogP contribution < -0.4 is 0 Å². The Hall–Kier alpha value is -1.37. The van der Waals surface area contributed by atoms with Gasteiger partial charge in [-0.05, 0) is 111 Å². The molecule has 0 saturated heterocycles. The van der Waals surface area contributed by atoms with E-state index in [1.165, 1.54) is 23.7 Å². The highest BCUT2D eigenvalue weighted by atomic mass is 19.4. The molecule has 0 spiro atoms. The molecule has 5 saturated carbocycles. The molecule has 4 nitrogen and oxygen atoms in total. The highest BCUT2D eigenvalue weighted by Gasteiger charge is 2.70. The quantitative estimate of drug-likeness (QED) is 0.656. The predicted molar refractivity (Wildman–Crippen MR) is 116 cm³/mol. The largest absolute Gasteiger partial charge is 0.435 e. The molecule has 0 unspecified atom stereocenters. The predicted octanol–water partition coefficient (Wildman–Crippen LogP) is 5.35. The van der Waals surface area contributed by atoms with E-state index >= 15 is 0 Å². The average molecular weight is 465 g/mol. The molecule has 0 bridgehead atoms. The summed E-state index contributed by atoms with van der Waals surface area (Å²) in [7, 11) is 0. The summed E-state index contributed by atoms with van der Waals surface area (Å²) in [6, 6.07) is 0.956. The number of rotatable bonds is 3. The molecule has 7 heteroatoms. The summed E-state index contributed by atoms with van der Waals surface area (Å²) in [5, 5.41) is 14.2. The Labute approximate surface area is 193 Å². The normalized spacial score (nSPS) is 48.4. The summed E-state index contributed by atoms with van der Waals surface area (Å²) in [5.41, 5.74) is -1.47. The van der Waals surface area contributed by atoms with Gasteiger partial charge in [-0.3, -0.25) is 9.48 Å². The zero-order valence-electron chi connectivity index (χ0n) is 19.5. The maximum Gasteiger partial charge on any atom is 0.435 e. The fourth-order valence-electron chi connectivity index (χ4n) is 9.51. The first-order valence-electron chi connectivity index (χ1n) is 12.8. The Morgan fingerprint density at radius 2 is 1.85 bits per heavy atom. The van der Waals surface area contributed by atoms with Gasteiger partial charge in [0.2, 0.25) is 0 Å². The van der Waals surface area contributed by atoms with E-state index < -0.39 is 17.5 Å². The molecule has 5 aliphatic rings. The van der Waals surface area contributed by atoms with Crippen molar-refractivity contribution in [1.29, 1.82) is 0 Å². The minimum atomic E-state index is -4.48. The van der Waals surface area contributed by atoms with Crippen molar-refractivity contribution in [2.45, 2.75) is 83.5 Å². The van der Waals surface area contributed by atoms with Gasteiger partial charge in [-0.15, -0.1) is 0 Å². The van der Waals surface area contributed by atoms with Crippen molar-refractivity contribution in [1.82, 2.24) is 9.78 Å². The molecule has 33 heavy (non-hydrogen) atoms. The van der Waals surface area contributed by atoms with Gasteiger partial charge >= 0.3 is 6.18 Å². The monoisotopic (exact) mass is 464 g/mol. The van der Waals surface area contributed by atoms with Crippen LogP contribution in [0.4, 0.5) is 13.2 Å². The van der Waals surface area contributed by atoms with E-state index in [1.807, 2.05) is 6.92 Å². The van der Waals surface area contributed by atoms with Gasteiger partial charge in [0, 0.05) is 12.1 Å². The second-order valence-corrected chi connectivity index (χ2v) is 12.5. The molecule has 0 amide bonds. The average Bonchev–Trinajstić information content (AvgIpc) is 3.20. The fourth-order valence-corrected chi connectivity index (χ4v) is 9.51. The Morgan fingerprint density at radius 1 is 1.09 bits per heavy atom. The van der Waals surface area contributed by atoms with Gasteiger partial charge in [0.05, 0.1) is 12.1 Å². The molecule has 10 atom stereocenters. The number of Topliss-reactive ketones (excluding diaryl/α,β-unsaturated/α-hetero) is 1. The summed E-state index contributed by atoms with van der Waals surface area (Å²) in [5.74, 6) is 4.36. The maximum atomic E-state index is 13.5. The summed E-state index contributed by atoms with van der Waals surface area (Å²) in [6.45, 7) is 4.25. The van der Waals surface area contributed by atoms with Crippen LogP contribution in [-0.4, -0.2) is 26.3 Å². The lowest BCUT2D eigenvalue weighted by Crippen LogP contribution is -2.52. The smallest absolute Gasteiger partial charge is 0.390 e. The van der Waals surface area contributed by atoms with E-state index in [-0.39, 0.29) is 23.7 Å². The number of nitrogens with zero attached hydrogens (tertiary/aromatic N) is 2. The third-order valence-electron chi connectivity index (χ3n) is 10.6. The highest BCUT2D eigenvalue weighted by Crippen LogP contribution is 2.74. The molecule has 182 valence electrons. The number of halogens is 3. The first-order valence-corrected chi connectivity index (χ1v) is 12.8. The minimum Gasteiger partial charge on any atom is -0.390 e. The number of carbonyl (C=O) groups is 1.